The first-order valence-corrected chi connectivity index (χ1v) is 9.69. The molecule has 29 heavy (non-hydrogen) atoms. The Morgan fingerprint density at radius 1 is 1.34 bits per heavy atom. The number of anilines is 2. The minimum atomic E-state index is -0.583. The number of amides is 1. The molecule has 1 aromatic carbocycles. The fraction of sp³-hybridized carbons (Fsp3) is 0.500. The molecule has 1 unspecified atom stereocenters. The molecule has 1 amide bonds. The number of aromatic nitrogens is 1. The van der Waals surface area contributed by atoms with Crippen LogP contribution in [0.1, 0.15) is 33.6 Å². The van der Waals surface area contributed by atoms with Crippen LogP contribution in [0.4, 0.5) is 22.0 Å². The van der Waals surface area contributed by atoms with E-state index < -0.39 is 16.6 Å². The molecule has 3 rings (SSSR count). The fourth-order valence-electron chi connectivity index (χ4n) is 3.62. The zero-order valence-corrected chi connectivity index (χ0v) is 17.2. The number of fused-ring (bicyclic) bond motifs is 1. The van der Waals surface area contributed by atoms with Gasteiger partial charge in [-0.15, -0.1) is 0 Å². The van der Waals surface area contributed by atoms with E-state index in [1.54, 1.807) is 7.05 Å². The summed E-state index contributed by atoms with van der Waals surface area (Å²) in [7, 11) is 1.62. The molecule has 1 atom stereocenters. The van der Waals surface area contributed by atoms with Gasteiger partial charge in [0.15, 0.2) is 0 Å². The summed E-state index contributed by atoms with van der Waals surface area (Å²) in [4.78, 5) is 30.1. The van der Waals surface area contributed by atoms with Crippen LogP contribution in [0.2, 0.25) is 0 Å². The van der Waals surface area contributed by atoms with Crippen molar-refractivity contribution >= 4 is 34.2 Å². The summed E-state index contributed by atoms with van der Waals surface area (Å²) in [5.74, 6) is 0.228. The second-order valence-corrected chi connectivity index (χ2v) is 8.11. The average Bonchev–Trinajstić information content (AvgIpc) is 2.64. The molecule has 9 heteroatoms. The highest BCUT2D eigenvalue weighted by atomic mass is 16.6. The molecule has 9 nitrogen and oxygen atoms in total. The van der Waals surface area contributed by atoms with Gasteiger partial charge in [0, 0.05) is 31.6 Å². The van der Waals surface area contributed by atoms with E-state index in [4.69, 9.17) is 4.74 Å². The molecule has 1 saturated heterocycles. The number of para-hydroxylation sites is 1. The van der Waals surface area contributed by atoms with Gasteiger partial charge in [-0.1, -0.05) is 18.2 Å². The molecule has 0 bridgehead atoms. The van der Waals surface area contributed by atoms with Crippen LogP contribution in [-0.2, 0) is 4.74 Å². The number of nitrogens with zero attached hydrogens (tertiary/aromatic N) is 3. The summed E-state index contributed by atoms with van der Waals surface area (Å²) in [6.07, 6.45) is 1.10. The standard InChI is InChI=1S/C20H27N5O4/c1-20(2,3)29-19(26)22-13-8-7-11-24(12-13)16-14-9-5-6-10-15(14)23-18(21-4)17(16)25(27)28/h5-6,9-10,13H,7-8,11-12H2,1-4H3,(H,21,23)(H,22,26). The van der Waals surface area contributed by atoms with Crippen molar-refractivity contribution in [1.82, 2.24) is 10.3 Å². The van der Waals surface area contributed by atoms with Crippen molar-refractivity contribution in [2.45, 2.75) is 45.3 Å². The second-order valence-electron chi connectivity index (χ2n) is 8.11. The second kappa shape index (κ2) is 8.10. The van der Waals surface area contributed by atoms with Gasteiger partial charge in [0.2, 0.25) is 5.82 Å². The summed E-state index contributed by atoms with van der Waals surface area (Å²) < 4.78 is 5.35. The van der Waals surface area contributed by atoms with Crippen LogP contribution >= 0.6 is 0 Å². The van der Waals surface area contributed by atoms with Crippen LogP contribution in [0.5, 0.6) is 0 Å². The maximum atomic E-state index is 12.2. The van der Waals surface area contributed by atoms with E-state index in [-0.39, 0.29) is 17.5 Å². The number of nitro groups is 1. The molecule has 2 aromatic rings. The Bertz CT molecular complexity index is 925. The predicted molar refractivity (Wildman–Crippen MR) is 113 cm³/mol. The van der Waals surface area contributed by atoms with Gasteiger partial charge in [0.1, 0.15) is 11.3 Å². The van der Waals surface area contributed by atoms with Crippen molar-refractivity contribution in [1.29, 1.82) is 0 Å². The lowest BCUT2D eigenvalue weighted by Gasteiger charge is -2.35. The first-order chi connectivity index (χ1) is 13.7. The number of piperidine rings is 1. The van der Waals surface area contributed by atoms with Crippen molar-refractivity contribution in [3.05, 3.63) is 34.4 Å². The lowest BCUT2D eigenvalue weighted by molar-refractivity contribution is -0.383. The van der Waals surface area contributed by atoms with Crippen molar-refractivity contribution in [3.8, 4) is 0 Å². The van der Waals surface area contributed by atoms with E-state index >= 15 is 0 Å². The third kappa shape index (κ3) is 4.67. The topological polar surface area (TPSA) is 110 Å². The Morgan fingerprint density at radius 3 is 2.72 bits per heavy atom. The molecule has 1 aromatic heterocycles. The highest BCUT2D eigenvalue weighted by molar-refractivity contribution is 6.00. The molecule has 0 saturated carbocycles. The van der Waals surface area contributed by atoms with Crippen LogP contribution in [0.25, 0.3) is 10.9 Å². The molecule has 1 fully saturated rings. The lowest BCUT2D eigenvalue weighted by atomic mass is 10.0. The molecule has 2 heterocycles. The predicted octanol–water partition coefficient (Wildman–Crippen LogP) is 3.68. The Labute approximate surface area is 169 Å². The Hall–Kier alpha value is -3.10. The third-order valence-corrected chi connectivity index (χ3v) is 4.72. The summed E-state index contributed by atoms with van der Waals surface area (Å²) in [5, 5.41) is 18.4. The van der Waals surface area contributed by atoms with Gasteiger partial charge in [0.05, 0.1) is 10.4 Å². The van der Waals surface area contributed by atoms with Crippen molar-refractivity contribution < 1.29 is 14.5 Å². The van der Waals surface area contributed by atoms with Crippen LogP contribution in [0.3, 0.4) is 0 Å². The quantitative estimate of drug-likeness (QED) is 0.594. The Kier molecular flexibility index (Phi) is 5.76. The van der Waals surface area contributed by atoms with Crippen molar-refractivity contribution in [3.63, 3.8) is 0 Å². The molecular weight excluding hydrogens is 374 g/mol. The number of nitrogens with one attached hydrogen (secondary N) is 2. The van der Waals surface area contributed by atoms with Crippen molar-refractivity contribution in [2.24, 2.45) is 0 Å². The Morgan fingerprint density at radius 2 is 2.07 bits per heavy atom. The summed E-state index contributed by atoms with van der Waals surface area (Å²) in [6, 6.07) is 7.21. The molecule has 0 spiro atoms. The molecule has 156 valence electrons. The van der Waals surface area contributed by atoms with Gasteiger partial charge >= 0.3 is 11.8 Å². The minimum absolute atomic E-state index is 0.0517. The van der Waals surface area contributed by atoms with Crippen LogP contribution in [-0.4, -0.2) is 47.8 Å². The van der Waals surface area contributed by atoms with E-state index in [0.717, 1.165) is 18.2 Å². The van der Waals surface area contributed by atoms with E-state index in [1.165, 1.54) is 0 Å². The Balaban J connectivity index is 1.96. The molecule has 2 N–H and O–H groups in total. The normalized spacial score (nSPS) is 17.1. The smallest absolute Gasteiger partial charge is 0.407 e. The zero-order valence-electron chi connectivity index (χ0n) is 17.2. The molecule has 0 radical (unpaired) electrons. The highest BCUT2D eigenvalue weighted by Crippen LogP contribution is 2.41. The molecule has 1 aliphatic rings. The minimum Gasteiger partial charge on any atom is -0.444 e. The van der Waals surface area contributed by atoms with Gasteiger partial charge in [0.25, 0.3) is 0 Å². The number of ether oxygens (including phenoxy) is 1. The number of benzene rings is 1. The maximum Gasteiger partial charge on any atom is 0.407 e. The van der Waals surface area contributed by atoms with E-state index in [9.17, 15) is 14.9 Å². The molecular formula is C20H27N5O4. The van der Waals surface area contributed by atoms with Gasteiger partial charge < -0.3 is 20.3 Å². The number of hydrogen-bond acceptors (Lipinski definition) is 7. The molecule has 0 aliphatic carbocycles. The van der Waals surface area contributed by atoms with Crippen LogP contribution in [0, 0.1) is 10.1 Å². The summed E-state index contributed by atoms with van der Waals surface area (Å²) >= 11 is 0. The van der Waals surface area contributed by atoms with Gasteiger partial charge in [-0.2, -0.15) is 0 Å². The number of pyridine rings is 1. The number of carbonyl (C=O) groups excluding carboxylic acids is 1. The summed E-state index contributed by atoms with van der Waals surface area (Å²) in [6.45, 7) is 6.55. The maximum absolute atomic E-state index is 12.2. The van der Waals surface area contributed by atoms with Crippen LogP contribution in [0.15, 0.2) is 24.3 Å². The first kappa shape index (κ1) is 20.6. The average molecular weight is 401 g/mol. The van der Waals surface area contributed by atoms with Gasteiger partial charge in [-0.05, 0) is 39.7 Å². The SMILES string of the molecule is CNc1nc2ccccc2c(N2CCCC(NC(=O)OC(C)(C)C)C2)c1[N+](=O)[O-]. The number of hydrogen-bond donors (Lipinski definition) is 2. The number of carbonyl (C=O) groups is 1. The van der Waals surface area contributed by atoms with Gasteiger partial charge in [-0.25, -0.2) is 9.78 Å². The monoisotopic (exact) mass is 401 g/mol. The third-order valence-electron chi connectivity index (χ3n) is 4.72. The largest absolute Gasteiger partial charge is 0.444 e. The van der Waals surface area contributed by atoms with Crippen molar-refractivity contribution in [2.75, 3.05) is 30.4 Å². The van der Waals surface area contributed by atoms with E-state index in [0.29, 0.717) is 24.3 Å². The lowest BCUT2D eigenvalue weighted by Crippen LogP contribution is -2.49. The number of rotatable bonds is 4. The highest BCUT2D eigenvalue weighted by Gasteiger charge is 2.32. The summed E-state index contributed by atoms with van der Waals surface area (Å²) in [5.41, 5.74) is 0.574. The first-order valence-electron chi connectivity index (χ1n) is 9.69. The van der Waals surface area contributed by atoms with E-state index in [1.807, 2.05) is 49.9 Å². The van der Waals surface area contributed by atoms with Crippen LogP contribution < -0.4 is 15.5 Å². The van der Waals surface area contributed by atoms with E-state index in [2.05, 4.69) is 15.6 Å². The number of alkyl carbamates (subject to hydrolysis) is 1. The fourth-order valence-corrected chi connectivity index (χ4v) is 3.62. The molecule has 1 aliphatic heterocycles. The zero-order chi connectivity index (χ0) is 21.2. The van der Waals surface area contributed by atoms with Gasteiger partial charge in [-0.3, -0.25) is 10.1 Å².